The topological polar surface area (TPSA) is 55.4 Å². The molecule has 1 atom stereocenters. The lowest BCUT2D eigenvalue weighted by Crippen LogP contribution is -2.30. The fourth-order valence-corrected chi connectivity index (χ4v) is 3.59. The van der Waals surface area contributed by atoms with Gasteiger partial charge in [-0.05, 0) is 34.9 Å². The fraction of sp³-hybridized carbons (Fsp3) is 0.111. The summed E-state index contributed by atoms with van der Waals surface area (Å²) in [4.78, 5) is 25.2. The summed E-state index contributed by atoms with van der Waals surface area (Å²) in [5, 5.41) is 4.97. The summed E-state index contributed by atoms with van der Waals surface area (Å²) in [5.41, 5.74) is 3.46. The molecular formula is C27H23NO3. The number of hydrogen-bond acceptors (Lipinski definition) is 3. The third kappa shape index (κ3) is 4.81. The summed E-state index contributed by atoms with van der Waals surface area (Å²) in [6, 6.07) is 31.1. The maximum absolute atomic E-state index is 12.7. The molecule has 0 aromatic heterocycles. The monoisotopic (exact) mass is 409 g/mol. The maximum Gasteiger partial charge on any atom is 0.311 e. The molecule has 0 bridgehead atoms. The molecule has 4 nitrogen and oxygen atoms in total. The van der Waals surface area contributed by atoms with Gasteiger partial charge in [-0.15, -0.1) is 0 Å². The first-order chi connectivity index (χ1) is 15.1. The van der Waals surface area contributed by atoms with Crippen LogP contribution in [0, 0.1) is 0 Å². The summed E-state index contributed by atoms with van der Waals surface area (Å²) in [7, 11) is 0. The molecule has 0 radical (unpaired) electrons. The average molecular weight is 409 g/mol. The van der Waals surface area contributed by atoms with E-state index in [1.807, 2.05) is 97.1 Å². The number of rotatable bonds is 6. The summed E-state index contributed by atoms with van der Waals surface area (Å²) in [5.74, 6) is -0.801. The van der Waals surface area contributed by atoms with Crippen LogP contribution in [0.25, 0.3) is 21.9 Å². The van der Waals surface area contributed by atoms with Crippen LogP contribution in [-0.2, 0) is 20.7 Å². The Bertz CT molecular complexity index is 1210. The summed E-state index contributed by atoms with van der Waals surface area (Å²) in [6.45, 7) is 1.58. The van der Waals surface area contributed by atoms with Gasteiger partial charge in [0.15, 0.2) is 6.10 Å². The Morgan fingerprint density at radius 3 is 2.32 bits per heavy atom. The van der Waals surface area contributed by atoms with Crippen molar-refractivity contribution in [2.45, 2.75) is 19.4 Å². The van der Waals surface area contributed by atoms with E-state index in [4.69, 9.17) is 4.74 Å². The van der Waals surface area contributed by atoms with E-state index in [1.165, 1.54) is 0 Å². The minimum atomic E-state index is -0.911. The number of benzene rings is 4. The average Bonchev–Trinajstić information content (AvgIpc) is 2.80. The van der Waals surface area contributed by atoms with Gasteiger partial charge in [0, 0.05) is 11.3 Å². The zero-order valence-corrected chi connectivity index (χ0v) is 17.2. The van der Waals surface area contributed by atoms with Gasteiger partial charge in [0.2, 0.25) is 0 Å². The molecule has 0 saturated carbocycles. The van der Waals surface area contributed by atoms with Crippen molar-refractivity contribution in [2.75, 3.05) is 5.32 Å². The number of para-hydroxylation sites is 1. The molecular weight excluding hydrogens is 386 g/mol. The number of fused-ring (bicyclic) bond motifs is 1. The summed E-state index contributed by atoms with van der Waals surface area (Å²) >= 11 is 0. The van der Waals surface area contributed by atoms with Crippen LogP contribution in [0.4, 0.5) is 5.69 Å². The lowest BCUT2D eigenvalue weighted by atomic mass is 10.0. The van der Waals surface area contributed by atoms with Gasteiger partial charge in [-0.2, -0.15) is 0 Å². The smallest absolute Gasteiger partial charge is 0.311 e. The number of amides is 1. The number of ether oxygens (including phenoxy) is 1. The number of hydrogen-bond donors (Lipinski definition) is 1. The van der Waals surface area contributed by atoms with Gasteiger partial charge in [0.05, 0.1) is 6.42 Å². The number of esters is 1. The Morgan fingerprint density at radius 1 is 0.806 bits per heavy atom. The Labute approximate surface area is 181 Å². The van der Waals surface area contributed by atoms with Crippen LogP contribution in [0.15, 0.2) is 97.1 Å². The molecule has 4 aromatic carbocycles. The van der Waals surface area contributed by atoms with E-state index < -0.39 is 12.1 Å². The van der Waals surface area contributed by atoms with Crippen molar-refractivity contribution >= 4 is 28.3 Å². The molecule has 4 rings (SSSR count). The molecule has 1 amide bonds. The summed E-state index contributed by atoms with van der Waals surface area (Å²) < 4.78 is 5.43. The standard InChI is InChI=1S/C27H23NO3/c1-19(31-26(29)18-22-14-9-13-20-12-5-6-15-23(20)22)27(30)28-25-17-8-7-16-24(25)21-10-3-2-4-11-21/h2-17,19H,18H2,1H3,(H,28,30)/t19-/m0/s1. The lowest BCUT2D eigenvalue weighted by Gasteiger charge is -2.16. The first-order valence-electron chi connectivity index (χ1n) is 10.2. The lowest BCUT2D eigenvalue weighted by molar-refractivity contribution is -0.152. The van der Waals surface area contributed by atoms with E-state index in [1.54, 1.807) is 6.92 Å². The third-order valence-corrected chi connectivity index (χ3v) is 5.16. The number of carbonyl (C=O) groups excluding carboxylic acids is 2. The predicted octanol–water partition coefficient (Wildman–Crippen LogP) is 5.62. The quantitative estimate of drug-likeness (QED) is 0.421. The van der Waals surface area contributed by atoms with E-state index in [0.717, 1.165) is 27.5 Å². The van der Waals surface area contributed by atoms with E-state index in [-0.39, 0.29) is 12.3 Å². The van der Waals surface area contributed by atoms with Crippen molar-refractivity contribution in [1.29, 1.82) is 0 Å². The second kappa shape index (κ2) is 9.26. The maximum atomic E-state index is 12.7. The Hall–Kier alpha value is -3.92. The minimum Gasteiger partial charge on any atom is -0.452 e. The molecule has 154 valence electrons. The number of anilines is 1. The summed E-state index contributed by atoms with van der Waals surface area (Å²) in [6.07, 6.45) is -0.800. The normalized spacial score (nSPS) is 11.6. The van der Waals surface area contributed by atoms with Gasteiger partial charge in [0.25, 0.3) is 5.91 Å². The second-order valence-corrected chi connectivity index (χ2v) is 7.35. The molecule has 0 fully saturated rings. The third-order valence-electron chi connectivity index (χ3n) is 5.16. The van der Waals surface area contributed by atoms with Crippen molar-refractivity contribution in [3.8, 4) is 11.1 Å². The zero-order valence-electron chi connectivity index (χ0n) is 17.2. The van der Waals surface area contributed by atoms with Crippen LogP contribution in [0.3, 0.4) is 0 Å². The molecule has 0 unspecified atom stereocenters. The Morgan fingerprint density at radius 2 is 1.48 bits per heavy atom. The molecule has 0 aliphatic rings. The van der Waals surface area contributed by atoms with Crippen LogP contribution >= 0.6 is 0 Å². The zero-order chi connectivity index (χ0) is 21.6. The van der Waals surface area contributed by atoms with Gasteiger partial charge < -0.3 is 10.1 Å². The van der Waals surface area contributed by atoms with Crippen LogP contribution in [0.5, 0.6) is 0 Å². The van der Waals surface area contributed by atoms with E-state index in [9.17, 15) is 9.59 Å². The van der Waals surface area contributed by atoms with Crippen LogP contribution in [0.1, 0.15) is 12.5 Å². The molecule has 4 heteroatoms. The SMILES string of the molecule is C[C@H](OC(=O)Cc1cccc2ccccc12)C(=O)Nc1ccccc1-c1ccccc1. The van der Waals surface area contributed by atoms with Crippen molar-refractivity contribution in [3.63, 3.8) is 0 Å². The molecule has 1 N–H and O–H groups in total. The van der Waals surface area contributed by atoms with Crippen LogP contribution in [-0.4, -0.2) is 18.0 Å². The minimum absolute atomic E-state index is 0.111. The fourth-order valence-electron chi connectivity index (χ4n) is 3.59. The highest BCUT2D eigenvalue weighted by atomic mass is 16.5. The van der Waals surface area contributed by atoms with Crippen molar-refractivity contribution in [2.24, 2.45) is 0 Å². The van der Waals surface area contributed by atoms with Gasteiger partial charge in [-0.1, -0.05) is 91.0 Å². The highest BCUT2D eigenvalue weighted by Crippen LogP contribution is 2.27. The molecule has 0 saturated heterocycles. The molecule has 0 aliphatic carbocycles. The largest absolute Gasteiger partial charge is 0.452 e. The number of carbonyl (C=O) groups is 2. The van der Waals surface area contributed by atoms with Crippen LogP contribution in [0.2, 0.25) is 0 Å². The van der Waals surface area contributed by atoms with E-state index in [0.29, 0.717) is 5.69 Å². The predicted molar refractivity (Wildman–Crippen MR) is 124 cm³/mol. The van der Waals surface area contributed by atoms with Gasteiger partial charge in [-0.3, -0.25) is 9.59 Å². The van der Waals surface area contributed by atoms with Crippen molar-refractivity contribution in [1.82, 2.24) is 0 Å². The molecule has 0 spiro atoms. The van der Waals surface area contributed by atoms with Gasteiger partial charge in [0.1, 0.15) is 0 Å². The first kappa shape index (κ1) is 20.4. The van der Waals surface area contributed by atoms with E-state index >= 15 is 0 Å². The molecule has 4 aromatic rings. The highest BCUT2D eigenvalue weighted by Gasteiger charge is 2.20. The Balaban J connectivity index is 1.43. The molecule has 0 aliphatic heterocycles. The molecule has 0 heterocycles. The van der Waals surface area contributed by atoms with Gasteiger partial charge >= 0.3 is 5.97 Å². The Kier molecular flexibility index (Phi) is 6.08. The highest BCUT2D eigenvalue weighted by molar-refractivity contribution is 5.99. The van der Waals surface area contributed by atoms with Gasteiger partial charge in [-0.25, -0.2) is 0 Å². The van der Waals surface area contributed by atoms with Crippen molar-refractivity contribution < 1.29 is 14.3 Å². The molecule has 31 heavy (non-hydrogen) atoms. The first-order valence-corrected chi connectivity index (χ1v) is 10.2. The second-order valence-electron chi connectivity index (χ2n) is 7.35. The van der Waals surface area contributed by atoms with Crippen molar-refractivity contribution in [3.05, 3.63) is 103 Å². The number of nitrogens with one attached hydrogen (secondary N) is 1. The van der Waals surface area contributed by atoms with Crippen LogP contribution < -0.4 is 5.32 Å². The van der Waals surface area contributed by atoms with E-state index in [2.05, 4.69) is 5.32 Å².